The van der Waals surface area contributed by atoms with Gasteiger partial charge in [0.25, 0.3) is 5.91 Å². The number of anilines is 2. The van der Waals surface area contributed by atoms with Gasteiger partial charge in [-0.05, 0) is 45.8 Å². The number of aliphatic hydroxyl groups is 1. The number of hydrogen-bond acceptors (Lipinski definition) is 6. The van der Waals surface area contributed by atoms with Crippen molar-refractivity contribution in [1.82, 2.24) is 9.97 Å². The summed E-state index contributed by atoms with van der Waals surface area (Å²) in [5.41, 5.74) is 4.77. The van der Waals surface area contributed by atoms with E-state index in [-0.39, 0.29) is 17.3 Å². The number of rotatable bonds is 4. The Morgan fingerprint density at radius 1 is 1.57 bits per heavy atom. The molecular formula is C16H27N5O2. The van der Waals surface area contributed by atoms with Gasteiger partial charge in [-0.3, -0.25) is 4.79 Å². The first-order valence-electron chi connectivity index (χ1n) is 10.3. The van der Waals surface area contributed by atoms with E-state index in [2.05, 4.69) is 20.6 Å². The first kappa shape index (κ1) is 10.8. The number of aromatic nitrogens is 2. The molecule has 128 valence electrons. The van der Waals surface area contributed by atoms with Crippen molar-refractivity contribution in [3.63, 3.8) is 0 Å². The molecule has 0 aromatic carbocycles. The SMILES string of the molecule is [2H]C1([2H])CC(Nc2nc(NC(C)(C)C)ncc2C(N)=O)C([2H])([2H])C([2H])(O)C1([2H])C. The Hall–Kier alpha value is -1.89. The molecule has 1 aliphatic carbocycles. The molecule has 1 aromatic heterocycles. The van der Waals surface area contributed by atoms with Gasteiger partial charge in [-0.15, -0.1) is 0 Å². The number of nitrogens with zero attached hydrogens (tertiary/aromatic N) is 2. The van der Waals surface area contributed by atoms with Crippen LogP contribution in [-0.2, 0) is 0 Å². The third-order valence-electron chi connectivity index (χ3n) is 3.09. The average Bonchev–Trinajstić information content (AvgIpc) is 2.50. The Morgan fingerprint density at radius 2 is 2.26 bits per heavy atom. The van der Waals surface area contributed by atoms with E-state index >= 15 is 0 Å². The van der Waals surface area contributed by atoms with Gasteiger partial charge in [-0.1, -0.05) is 6.92 Å². The van der Waals surface area contributed by atoms with Crippen molar-refractivity contribution in [2.75, 3.05) is 10.6 Å². The summed E-state index contributed by atoms with van der Waals surface area (Å²) in [6, 6.07) is -1.48. The molecule has 1 aromatic rings. The number of carbonyl (C=O) groups is 1. The minimum atomic E-state index is -3.09. The van der Waals surface area contributed by atoms with Gasteiger partial charge in [0.2, 0.25) is 5.95 Å². The summed E-state index contributed by atoms with van der Waals surface area (Å²) >= 11 is 0. The maximum absolute atomic E-state index is 11.8. The molecule has 5 N–H and O–H groups in total. The topological polar surface area (TPSA) is 113 Å². The number of primary amides is 1. The van der Waals surface area contributed by atoms with Gasteiger partial charge in [0.15, 0.2) is 0 Å². The van der Waals surface area contributed by atoms with Crippen molar-refractivity contribution in [2.45, 2.75) is 64.5 Å². The van der Waals surface area contributed by atoms with Crippen LogP contribution in [0.15, 0.2) is 6.20 Å². The quantitative estimate of drug-likeness (QED) is 0.670. The van der Waals surface area contributed by atoms with Crippen LogP contribution in [0.3, 0.4) is 0 Å². The maximum atomic E-state index is 11.8. The van der Waals surface area contributed by atoms with Crippen LogP contribution >= 0.6 is 0 Å². The summed E-state index contributed by atoms with van der Waals surface area (Å²) in [7, 11) is 0. The first-order valence-corrected chi connectivity index (χ1v) is 7.27. The van der Waals surface area contributed by atoms with Crippen LogP contribution in [0.5, 0.6) is 0 Å². The van der Waals surface area contributed by atoms with Crippen LogP contribution in [0.25, 0.3) is 0 Å². The minimum absolute atomic E-state index is 0.121. The van der Waals surface area contributed by atoms with Gasteiger partial charge >= 0.3 is 0 Å². The summed E-state index contributed by atoms with van der Waals surface area (Å²) in [4.78, 5) is 19.9. The van der Waals surface area contributed by atoms with E-state index in [0.717, 1.165) is 13.1 Å². The van der Waals surface area contributed by atoms with Crippen molar-refractivity contribution < 1.29 is 18.1 Å². The lowest BCUT2D eigenvalue weighted by molar-refractivity contribution is 0.0739. The van der Waals surface area contributed by atoms with Crippen molar-refractivity contribution in [2.24, 2.45) is 11.6 Å². The summed E-state index contributed by atoms with van der Waals surface area (Å²) in [5.74, 6) is -3.37. The van der Waals surface area contributed by atoms with Gasteiger partial charge in [-0.2, -0.15) is 4.98 Å². The lowest BCUT2D eigenvalue weighted by atomic mass is 9.85. The molecule has 1 amide bonds. The van der Waals surface area contributed by atoms with Crippen LogP contribution in [0, 0.1) is 5.89 Å². The molecule has 1 heterocycles. The molecule has 3 atom stereocenters. The summed E-state index contributed by atoms with van der Waals surface area (Å²) in [5, 5.41) is 16.1. The molecule has 7 nitrogen and oxygen atoms in total. The van der Waals surface area contributed by atoms with Crippen LogP contribution < -0.4 is 16.4 Å². The highest BCUT2D eigenvalue weighted by Crippen LogP contribution is 2.27. The average molecular weight is 327 g/mol. The molecule has 3 unspecified atom stereocenters. The Morgan fingerprint density at radius 3 is 2.87 bits per heavy atom. The smallest absolute Gasteiger partial charge is 0.254 e. The third-order valence-corrected chi connectivity index (χ3v) is 3.09. The molecule has 0 saturated heterocycles. The Bertz CT molecular complexity index is 809. The zero-order valence-electron chi connectivity index (χ0n) is 19.7. The van der Waals surface area contributed by atoms with Gasteiger partial charge in [-0.25, -0.2) is 4.98 Å². The molecule has 0 spiro atoms. The number of carbonyl (C=O) groups excluding carboxylic acids is 1. The highest BCUT2D eigenvalue weighted by atomic mass is 16.3. The van der Waals surface area contributed by atoms with Crippen molar-refractivity contribution >= 4 is 17.7 Å². The van der Waals surface area contributed by atoms with Crippen molar-refractivity contribution in [3.05, 3.63) is 11.8 Å². The second-order valence-electron chi connectivity index (χ2n) is 6.39. The van der Waals surface area contributed by atoms with Crippen molar-refractivity contribution in [3.8, 4) is 0 Å². The van der Waals surface area contributed by atoms with E-state index in [1.165, 1.54) is 0 Å². The molecule has 1 saturated carbocycles. The molecule has 0 aliphatic heterocycles. The number of nitrogens with one attached hydrogen (secondary N) is 2. The number of nitrogens with two attached hydrogens (primary N) is 1. The lowest BCUT2D eigenvalue weighted by Gasteiger charge is -2.32. The second kappa shape index (κ2) is 6.70. The van der Waals surface area contributed by atoms with Crippen molar-refractivity contribution in [1.29, 1.82) is 0 Å². The van der Waals surface area contributed by atoms with E-state index in [1.807, 2.05) is 20.8 Å². The molecule has 0 bridgehead atoms. The summed E-state index contributed by atoms with van der Waals surface area (Å²) in [6.07, 6.45) is -7.66. The van der Waals surface area contributed by atoms with Gasteiger partial charge in [0.05, 0.1) is 13.0 Å². The molecule has 1 fully saturated rings. The normalized spacial score (nSPS) is 39.6. The Labute approximate surface area is 145 Å². The fourth-order valence-electron chi connectivity index (χ4n) is 1.98. The van der Waals surface area contributed by atoms with Crippen LogP contribution in [-0.4, -0.2) is 38.6 Å². The minimum Gasteiger partial charge on any atom is -0.393 e. The number of amides is 1. The predicted molar refractivity (Wildman–Crippen MR) is 90.4 cm³/mol. The van der Waals surface area contributed by atoms with Gasteiger partial charge in [0.1, 0.15) is 5.82 Å². The van der Waals surface area contributed by atoms with Crippen LogP contribution in [0.2, 0.25) is 0 Å². The maximum Gasteiger partial charge on any atom is 0.254 e. The molecule has 2 rings (SSSR count). The highest BCUT2D eigenvalue weighted by molar-refractivity contribution is 5.97. The fraction of sp³-hybridized carbons (Fsp3) is 0.688. The van der Waals surface area contributed by atoms with E-state index in [9.17, 15) is 9.90 Å². The van der Waals surface area contributed by atoms with Crippen LogP contribution in [0.1, 0.15) is 65.4 Å². The largest absolute Gasteiger partial charge is 0.393 e. The summed E-state index contributed by atoms with van der Waals surface area (Å²) < 4.78 is 48.9. The van der Waals surface area contributed by atoms with E-state index < -0.39 is 48.6 Å². The van der Waals surface area contributed by atoms with E-state index in [0.29, 0.717) is 0 Å². The van der Waals surface area contributed by atoms with Gasteiger partial charge < -0.3 is 21.5 Å². The molecule has 1 aliphatic rings. The number of hydrogen-bond donors (Lipinski definition) is 4. The molecule has 0 radical (unpaired) electrons. The second-order valence-corrected chi connectivity index (χ2v) is 6.39. The lowest BCUT2D eigenvalue weighted by Crippen LogP contribution is -2.36. The zero-order valence-corrected chi connectivity index (χ0v) is 13.7. The first-order chi connectivity index (χ1) is 12.8. The zero-order chi connectivity index (χ0) is 22.6. The Kier molecular flexibility index (Phi) is 3.15. The Balaban J connectivity index is 2.51. The highest BCUT2D eigenvalue weighted by Gasteiger charge is 2.27. The standard InChI is InChI=1S/C16H27N5O2/c1-9-5-6-10(7-12(9)22)19-14-11(13(17)23)8-18-15(20-14)21-16(2,3)4/h8-10,12,22H,5-7H2,1-4H3,(H2,17,23)(H2,18,19,20,21)/i5D2,7D2,9D,12D. The van der Waals surface area contributed by atoms with E-state index in [1.54, 1.807) is 0 Å². The predicted octanol–water partition coefficient (Wildman–Crippen LogP) is 1.75. The molecular weight excluding hydrogens is 294 g/mol. The molecule has 7 heteroatoms. The fourth-order valence-corrected chi connectivity index (χ4v) is 1.98. The third kappa shape index (κ3) is 4.79. The van der Waals surface area contributed by atoms with Crippen LogP contribution in [0.4, 0.5) is 11.8 Å². The van der Waals surface area contributed by atoms with E-state index in [4.69, 9.17) is 14.0 Å². The van der Waals surface area contributed by atoms with Gasteiger partial charge in [0, 0.05) is 24.6 Å². The monoisotopic (exact) mass is 327 g/mol. The molecule has 23 heavy (non-hydrogen) atoms. The summed E-state index contributed by atoms with van der Waals surface area (Å²) in [6.45, 7) is 6.55.